The first-order valence-electron chi connectivity index (χ1n) is 14.5. The minimum Gasteiger partial charge on any atom is -0.494 e. The number of aromatic nitrogens is 1. The standard InChI is InChI=1S/C32H49NO/c1-3-5-7-9-10-12-27-13-15-28(16-14-27)17-18-29-19-24-32(33-26-29)30-20-22-31(23-21-30)34-25-11-8-6-4-2/h19-24,26-28H,3-18,25H2,1-2H3. The van der Waals surface area contributed by atoms with E-state index in [0.29, 0.717) is 0 Å². The maximum atomic E-state index is 5.87. The second-order valence-corrected chi connectivity index (χ2v) is 10.6. The van der Waals surface area contributed by atoms with E-state index in [4.69, 9.17) is 9.72 Å². The topological polar surface area (TPSA) is 22.1 Å². The Labute approximate surface area is 209 Å². The summed E-state index contributed by atoms with van der Waals surface area (Å²) in [6, 6.07) is 12.9. The number of unbranched alkanes of at least 4 members (excludes halogenated alkanes) is 7. The lowest BCUT2D eigenvalue weighted by atomic mass is 9.78. The summed E-state index contributed by atoms with van der Waals surface area (Å²) in [4.78, 5) is 4.76. The lowest BCUT2D eigenvalue weighted by molar-refractivity contribution is 0.248. The molecule has 0 radical (unpaired) electrons. The predicted octanol–water partition coefficient (Wildman–Crippen LogP) is 9.81. The van der Waals surface area contributed by atoms with Gasteiger partial charge in [0.2, 0.25) is 0 Å². The van der Waals surface area contributed by atoms with E-state index in [2.05, 4.69) is 56.4 Å². The number of pyridine rings is 1. The maximum Gasteiger partial charge on any atom is 0.119 e. The predicted molar refractivity (Wildman–Crippen MR) is 146 cm³/mol. The van der Waals surface area contributed by atoms with Gasteiger partial charge in [0.05, 0.1) is 12.3 Å². The molecule has 1 heterocycles. The molecule has 3 rings (SSSR count). The van der Waals surface area contributed by atoms with Crippen molar-refractivity contribution in [1.82, 2.24) is 4.98 Å². The molecule has 0 N–H and O–H groups in total. The zero-order chi connectivity index (χ0) is 23.8. The highest BCUT2D eigenvalue weighted by Crippen LogP contribution is 2.34. The van der Waals surface area contributed by atoms with E-state index in [1.165, 1.54) is 102 Å². The molecule has 1 fully saturated rings. The fourth-order valence-electron chi connectivity index (χ4n) is 5.40. The average Bonchev–Trinajstić information content (AvgIpc) is 2.89. The SMILES string of the molecule is CCCCCCCC1CCC(CCc2ccc(-c3ccc(OCCCCCC)cc3)nc2)CC1. The molecule has 1 aromatic carbocycles. The zero-order valence-corrected chi connectivity index (χ0v) is 22.1. The number of benzene rings is 1. The third kappa shape index (κ3) is 9.80. The van der Waals surface area contributed by atoms with E-state index in [0.717, 1.165) is 41.9 Å². The quantitative estimate of drug-likeness (QED) is 0.231. The molecule has 0 unspecified atom stereocenters. The molecular formula is C32H49NO. The number of hydrogen-bond acceptors (Lipinski definition) is 2. The van der Waals surface area contributed by atoms with E-state index >= 15 is 0 Å². The van der Waals surface area contributed by atoms with Crippen molar-refractivity contribution in [2.75, 3.05) is 6.61 Å². The Morgan fingerprint density at radius 1 is 0.706 bits per heavy atom. The molecule has 1 aliphatic rings. The van der Waals surface area contributed by atoms with Gasteiger partial charge in [0, 0.05) is 11.8 Å². The van der Waals surface area contributed by atoms with Crippen LogP contribution in [0, 0.1) is 11.8 Å². The molecule has 0 spiro atoms. The highest BCUT2D eigenvalue weighted by Gasteiger charge is 2.20. The number of rotatable bonds is 16. The van der Waals surface area contributed by atoms with Crippen LogP contribution in [0.2, 0.25) is 0 Å². The van der Waals surface area contributed by atoms with Crippen LogP contribution in [0.5, 0.6) is 5.75 Å². The van der Waals surface area contributed by atoms with Gasteiger partial charge in [0.1, 0.15) is 5.75 Å². The van der Waals surface area contributed by atoms with Crippen molar-refractivity contribution in [2.24, 2.45) is 11.8 Å². The highest BCUT2D eigenvalue weighted by atomic mass is 16.5. The van der Waals surface area contributed by atoms with Gasteiger partial charge in [-0.1, -0.05) is 103 Å². The van der Waals surface area contributed by atoms with Gasteiger partial charge in [-0.3, -0.25) is 4.98 Å². The molecule has 188 valence electrons. The number of aryl methyl sites for hydroxylation is 1. The van der Waals surface area contributed by atoms with E-state index in [1.54, 1.807) is 0 Å². The molecule has 1 aromatic heterocycles. The normalized spacial score (nSPS) is 18.2. The van der Waals surface area contributed by atoms with Crippen molar-refractivity contribution < 1.29 is 4.74 Å². The summed E-state index contributed by atoms with van der Waals surface area (Å²) in [6.07, 6.45) is 24.0. The van der Waals surface area contributed by atoms with E-state index in [9.17, 15) is 0 Å². The van der Waals surface area contributed by atoms with Crippen molar-refractivity contribution in [3.8, 4) is 17.0 Å². The summed E-state index contributed by atoms with van der Waals surface area (Å²) in [7, 11) is 0. The maximum absolute atomic E-state index is 5.87. The van der Waals surface area contributed by atoms with Crippen LogP contribution in [0.3, 0.4) is 0 Å². The monoisotopic (exact) mass is 463 g/mol. The molecule has 0 atom stereocenters. The van der Waals surface area contributed by atoms with Gasteiger partial charge in [-0.05, 0) is 67.0 Å². The summed E-state index contributed by atoms with van der Waals surface area (Å²) < 4.78 is 5.87. The Hall–Kier alpha value is -1.83. The smallest absolute Gasteiger partial charge is 0.119 e. The van der Waals surface area contributed by atoms with Crippen LogP contribution >= 0.6 is 0 Å². The Bertz CT molecular complexity index is 759. The van der Waals surface area contributed by atoms with Gasteiger partial charge in [-0.2, -0.15) is 0 Å². The van der Waals surface area contributed by atoms with Crippen molar-refractivity contribution >= 4 is 0 Å². The second-order valence-electron chi connectivity index (χ2n) is 10.6. The van der Waals surface area contributed by atoms with Crippen LogP contribution in [-0.2, 0) is 6.42 Å². The largest absolute Gasteiger partial charge is 0.494 e. The fraction of sp³-hybridized carbons (Fsp3) is 0.656. The van der Waals surface area contributed by atoms with Gasteiger partial charge in [0.25, 0.3) is 0 Å². The lowest BCUT2D eigenvalue weighted by Gasteiger charge is -2.28. The molecule has 34 heavy (non-hydrogen) atoms. The third-order valence-corrected chi connectivity index (χ3v) is 7.76. The minimum atomic E-state index is 0.812. The van der Waals surface area contributed by atoms with Crippen LogP contribution in [0.1, 0.15) is 116 Å². The van der Waals surface area contributed by atoms with Crippen molar-refractivity contribution in [1.29, 1.82) is 0 Å². The van der Waals surface area contributed by atoms with Crippen LogP contribution in [0.25, 0.3) is 11.3 Å². The van der Waals surface area contributed by atoms with E-state index in [1.807, 2.05) is 0 Å². The molecule has 2 heteroatoms. The average molecular weight is 464 g/mol. The van der Waals surface area contributed by atoms with Gasteiger partial charge in [-0.15, -0.1) is 0 Å². The molecule has 0 saturated heterocycles. The Kier molecular flexibility index (Phi) is 12.6. The zero-order valence-electron chi connectivity index (χ0n) is 22.1. The summed E-state index contributed by atoms with van der Waals surface area (Å²) in [6.45, 7) is 5.35. The molecular weight excluding hydrogens is 414 g/mol. The molecule has 1 saturated carbocycles. The first-order valence-corrected chi connectivity index (χ1v) is 14.5. The molecule has 2 nitrogen and oxygen atoms in total. The van der Waals surface area contributed by atoms with Crippen LogP contribution in [-0.4, -0.2) is 11.6 Å². The minimum absolute atomic E-state index is 0.812. The Balaban J connectivity index is 1.33. The van der Waals surface area contributed by atoms with E-state index in [-0.39, 0.29) is 0 Å². The van der Waals surface area contributed by atoms with Crippen molar-refractivity contribution in [2.45, 2.75) is 117 Å². The molecule has 0 bridgehead atoms. The van der Waals surface area contributed by atoms with Gasteiger partial charge >= 0.3 is 0 Å². The summed E-state index contributed by atoms with van der Waals surface area (Å²) in [5, 5.41) is 0. The first-order chi connectivity index (χ1) is 16.8. The number of nitrogens with zero attached hydrogens (tertiary/aromatic N) is 1. The Morgan fingerprint density at radius 3 is 2.00 bits per heavy atom. The van der Waals surface area contributed by atoms with Gasteiger partial charge < -0.3 is 4.74 Å². The van der Waals surface area contributed by atoms with Crippen molar-refractivity contribution in [3.63, 3.8) is 0 Å². The summed E-state index contributed by atoms with van der Waals surface area (Å²) in [5.74, 6) is 2.89. The van der Waals surface area contributed by atoms with Crippen LogP contribution in [0.15, 0.2) is 42.6 Å². The van der Waals surface area contributed by atoms with Gasteiger partial charge in [0.15, 0.2) is 0 Å². The third-order valence-electron chi connectivity index (χ3n) is 7.76. The first kappa shape index (κ1) is 26.8. The van der Waals surface area contributed by atoms with Crippen molar-refractivity contribution in [3.05, 3.63) is 48.2 Å². The highest BCUT2D eigenvalue weighted by molar-refractivity contribution is 5.60. The Morgan fingerprint density at radius 2 is 1.35 bits per heavy atom. The van der Waals surface area contributed by atoms with E-state index < -0.39 is 0 Å². The van der Waals surface area contributed by atoms with Gasteiger partial charge in [-0.25, -0.2) is 0 Å². The molecule has 1 aliphatic carbocycles. The second kappa shape index (κ2) is 16.0. The molecule has 0 amide bonds. The molecule has 0 aliphatic heterocycles. The van der Waals surface area contributed by atoms with Crippen LogP contribution in [0.4, 0.5) is 0 Å². The lowest BCUT2D eigenvalue weighted by Crippen LogP contribution is -2.15. The van der Waals surface area contributed by atoms with Crippen LogP contribution < -0.4 is 4.74 Å². The summed E-state index contributed by atoms with van der Waals surface area (Å²) in [5.41, 5.74) is 3.60. The summed E-state index contributed by atoms with van der Waals surface area (Å²) >= 11 is 0. The fourth-order valence-corrected chi connectivity index (χ4v) is 5.40. The number of ether oxygens (including phenoxy) is 1. The molecule has 2 aromatic rings. The number of hydrogen-bond donors (Lipinski definition) is 0.